The van der Waals surface area contributed by atoms with Crippen LogP contribution in [0, 0.1) is 0 Å². The van der Waals surface area contributed by atoms with Gasteiger partial charge in [0.1, 0.15) is 0 Å². The third-order valence-electron chi connectivity index (χ3n) is 5.27. The van der Waals surface area contributed by atoms with Crippen molar-refractivity contribution in [3.8, 4) is 0 Å². The zero-order valence-corrected chi connectivity index (χ0v) is 21.4. The van der Waals surface area contributed by atoms with E-state index < -0.39 is 33.6 Å². The van der Waals surface area contributed by atoms with Crippen molar-refractivity contribution in [3.05, 3.63) is 59.7 Å². The monoisotopic (exact) mass is 571 g/mol. The molecule has 2 aromatic carbocycles. The molecule has 0 atom stereocenters. The Labute approximate surface area is 218 Å². The maximum Gasteiger partial charge on any atom is 0.416 e. The van der Waals surface area contributed by atoms with Gasteiger partial charge in [-0.1, -0.05) is 23.1 Å². The Balaban J connectivity index is 1.28. The number of anilines is 2. The third-order valence-corrected chi connectivity index (χ3v) is 9.15. The number of rotatable bonds is 8. The molecular weight excluding hydrogens is 551 g/mol. The number of halogens is 3. The highest BCUT2D eigenvalue weighted by atomic mass is 32.2. The van der Waals surface area contributed by atoms with Crippen LogP contribution in [0.25, 0.3) is 0 Å². The second kappa shape index (κ2) is 11.2. The highest BCUT2D eigenvalue weighted by Gasteiger charge is 2.30. The van der Waals surface area contributed by atoms with Gasteiger partial charge < -0.3 is 5.32 Å². The topological polar surface area (TPSA) is 121 Å². The van der Waals surface area contributed by atoms with Gasteiger partial charge in [0, 0.05) is 24.3 Å². The minimum Gasteiger partial charge on any atom is -0.325 e. The Morgan fingerprint density at radius 1 is 0.973 bits per heavy atom. The van der Waals surface area contributed by atoms with Gasteiger partial charge in [0.05, 0.1) is 16.2 Å². The summed E-state index contributed by atoms with van der Waals surface area (Å²) in [5, 5.41) is 13.0. The van der Waals surface area contributed by atoms with Gasteiger partial charge in [0.2, 0.25) is 21.1 Å². The third kappa shape index (κ3) is 6.85. The summed E-state index contributed by atoms with van der Waals surface area (Å²) in [6.07, 6.45) is -2.81. The van der Waals surface area contributed by atoms with Crippen molar-refractivity contribution in [2.45, 2.75) is 28.3 Å². The molecule has 1 aliphatic rings. The van der Waals surface area contributed by atoms with E-state index >= 15 is 0 Å². The predicted octanol–water partition coefficient (Wildman–Crippen LogP) is 4.32. The fourth-order valence-corrected chi connectivity index (χ4v) is 6.47. The summed E-state index contributed by atoms with van der Waals surface area (Å²) in [5.74, 6) is -1.02. The van der Waals surface area contributed by atoms with Crippen LogP contribution < -0.4 is 10.6 Å². The van der Waals surface area contributed by atoms with Gasteiger partial charge in [-0.2, -0.15) is 17.5 Å². The Morgan fingerprint density at radius 2 is 1.62 bits per heavy atom. The van der Waals surface area contributed by atoms with Crippen LogP contribution in [0.15, 0.2) is 57.8 Å². The number of carbonyl (C=O) groups excluding carboxylic acids is 2. The number of thioether (sulfide) groups is 1. The minimum absolute atomic E-state index is 0.0729. The smallest absolute Gasteiger partial charge is 0.325 e. The minimum atomic E-state index is -4.46. The first kappa shape index (κ1) is 27.0. The maximum absolute atomic E-state index is 12.6. The molecule has 1 aliphatic heterocycles. The predicted molar refractivity (Wildman–Crippen MR) is 133 cm³/mol. The number of hydrogen-bond donors (Lipinski definition) is 2. The Kier molecular flexibility index (Phi) is 8.16. The molecule has 0 aliphatic carbocycles. The van der Waals surface area contributed by atoms with Crippen molar-refractivity contribution in [2.24, 2.45) is 0 Å². The van der Waals surface area contributed by atoms with E-state index in [9.17, 15) is 31.2 Å². The lowest BCUT2D eigenvalue weighted by Gasteiger charge is -2.15. The summed E-state index contributed by atoms with van der Waals surface area (Å²) in [6.45, 7) is 0.970. The molecule has 4 rings (SSSR count). The fraction of sp³-hybridized carbons (Fsp3) is 0.273. The molecule has 0 radical (unpaired) electrons. The molecule has 1 saturated heterocycles. The first-order chi connectivity index (χ1) is 17.5. The molecule has 2 amide bonds. The lowest BCUT2D eigenvalue weighted by atomic mass is 10.2. The summed E-state index contributed by atoms with van der Waals surface area (Å²) in [6, 6.07) is 9.70. The molecule has 37 heavy (non-hydrogen) atoms. The van der Waals surface area contributed by atoms with Crippen molar-refractivity contribution in [1.29, 1.82) is 0 Å². The lowest BCUT2D eigenvalue weighted by molar-refractivity contribution is -0.137. The quantitative estimate of drug-likeness (QED) is 0.305. The second-order valence-electron chi connectivity index (χ2n) is 7.87. The number of carbonyl (C=O) groups is 2. The number of nitrogens with zero attached hydrogens (tertiary/aromatic N) is 3. The van der Waals surface area contributed by atoms with Gasteiger partial charge in [-0.25, -0.2) is 8.42 Å². The molecule has 1 fully saturated rings. The first-order valence-electron chi connectivity index (χ1n) is 10.9. The number of nitrogens with one attached hydrogen (secondary N) is 2. The fourth-order valence-electron chi connectivity index (χ4n) is 3.41. The number of amides is 2. The van der Waals surface area contributed by atoms with Crippen LogP contribution in [-0.4, -0.2) is 53.6 Å². The van der Waals surface area contributed by atoms with Gasteiger partial charge >= 0.3 is 6.18 Å². The largest absolute Gasteiger partial charge is 0.416 e. The van der Waals surface area contributed by atoms with Crippen molar-refractivity contribution in [2.75, 3.05) is 29.5 Å². The van der Waals surface area contributed by atoms with E-state index in [1.807, 2.05) is 0 Å². The van der Waals surface area contributed by atoms with Crippen LogP contribution in [0.3, 0.4) is 0 Å². The molecule has 3 aromatic rings. The molecular formula is C22H20F3N5O4S3. The van der Waals surface area contributed by atoms with E-state index in [2.05, 4.69) is 20.8 Å². The Bertz CT molecular complexity index is 1370. The van der Waals surface area contributed by atoms with Crippen molar-refractivity contribution in [1.82, 2.24) is 14.5 Å². The Hall–Kier alpha value is -3.01. The van der Waals surface area contributed by atoms with Gasteiger partial charge in [-0.05, 0) is 61.4 Å². The molecule has 196 valence electrons. The standard InChI is InChI=1S/C22H20F3N5O4S3/c23-22(24,25)15-5-7-16(8-6-15)26-18(31)13-35-21-29-28-20(36-21)27-19(32)14-3-9-17(10-4-14)37(33,34)30-11-1-2-12-30/h3-10H,1-2,11-13H2,(H,26,31)(H,27,28,32). The van der Waals surface area contributed by atoms with Gasteiger partial charge in [-0.15, -0.1) is 10.2 Å². The number of benzene rings is 2. The molecule has 2 N–H and O–H groups in total. The lowest BCUT2D eigenvalue weighted by Crippen LogP contribution is -2.27. The van der Waals surface area contributed by atoms with Crippen LogP contribution in [0.4, 0.5) is 24.0 Å². The van der Waals surface area contributed by atoms with Crippen LogP contribution in [0.5, 0.6) is 0 Å². The van der Waals surface area contributed by atoms with Gasteiger partial charge in [0.15, 0.2) is 4.34 Å². The molecule has 0 spiro atoms. The van der Waals surface area contributed by atoms with Crippen LogP contribution in [0.1, 0.15) is 28.8 Å². The van der Waals surface area contributed by atoms with E-state index in [0.29, 0.717) is 17.4 Å². The highest BCUT2D eigenvalue weighted by molar-refractivity contribution is 8.01. The van der Waals surface area contributed by atoms with Crippen molar-refractivity contribution >= 4 is 55.8 Å². The summed E-state index contributed by atoms with van der Waals surface area (Å²) < 4.78 is 64.9. The van der Waals surface area contributed by atoms with E-state index in [4.69, 9.17) is 0 Å². The molecule has 15 heteroatoms. The van der Waals surface area contributed by atoms with Crippen LogP contribution in [-0.2, 0) is 21.0 Å². The molecule has 0 unspecified atom stereocenters. The first-order valence-corrected chi connectivity index (χ1v) is 14.1. The van der Waals surface area contributed by atoms with Gasteiger partial charge in [0.25, 0.3) is 5.91 Å². The average molecular weight is 572 g/mol. The molecule has 0 saturated carbocycles. The number of hydrogen-bond acceptors (Lipinski definition) is 8. The zero-order chi connectivity index (χ0) is 26.6. The van der Waals surface area contributed by atoms with Crippen molar-refractivity contribution < 1.29 is 31.2 Å². The van der Waals surface area contributed by atoms with Crippen LogP contribution >= 0.6 is 23.1 Å². The normalized spacial score (nSPS) is 14.5. The summed E-state index contributed by atoms with van der Waals surface area (Å²) in [5.41, 5.74) is -0.352. The summed E-state index contributed by atoms with van der Waals surface area (Å²) in [4.78, 5) is 24.7. The number of sulfonamides is 1. The summed E-state index contributed by atoms with van der Waals surface area (Å²) in [7, 11) is -3.58. The second-order valence-corrected chi connectivity index (χ2v) is 12.0. The van der Waals surface area contributed by atoms with E-state index in [1.54, 1.807) is 0 Å². The average Bonchev–Trinajstić information content (AvgIpc) is 3.56. The molecule has 9 nitrogen and oxygen atoms in total. The molecule has 0 bridgehead atoms. The highest BCUT2D eigenvalue weighted by Crippen LogP contribution is 2.30. The number of aromatic nitrogens is 2. The SMILES string of the molecule is O=C(CSc1nnc(NC(=O)c2ccc(S(=O)(=O)N3CCCC3)cc2)s1)Nc1ccc(C(F)(F)F)cc1. The maximum atomic E-state index is 12.6. The van der Waals surface area contributed by atoms with Gasteiger partial charge in [-0.3, -0.25) is 14.9 Å². The molecule has 2 heterocycles. The van der Waals surface area contributed by atoms with E-state index in [-0.39, 0.29) is 27.0 Å². The van der Waals surface area contributed by atoms with Crippen LogP contribution in [0.2, 0.25) is 0 Å². The van der Waals surface area contributed by atoms with Crippen molar-refractivity contribution in [3.63, 3.8) is 0 Å². The Morgan fingerprint density at radius 3 is 2.24 bits per heavy atom. The van der Waals surface area contributed by atoms with E-state index in [1.165, 1.54) is 40.7 Å². The molecule has 1 aromatic heterocycles. The van der Waals surface area contributed by atoms with E-state index in [0.717, 1.165) is 48.1 Å². The number of alkyl halides is 3. The zero-order valence-electron chi connectivity index (χ0n) is 19.0. The summed E-state index contributed by atoms with van der Waals surface area (Å²) >= 11 is 2.08.